The van der Waals surface area contributed by atoms with Crippen molar-refractivity contribution in [2.24, 2.45) is 0 Å². The molecule has 0 bridgehead atoms. The molecule has 0 radical (unpaired) electrons. The normalized spacial score (nSPS) is 10.8. The standard InChI is InChI=1S/C18H16Cl2N4O2/c1-10-13(9-17(26)22-18-16(25)4-3-7-21-18)11(2)24(23-10)15-6-5-12(19)8-14(15)20/h3-8,25H,9H2,1-2H3,(H,21,22,26). The zero-order valence-electron chi connectivity index (χ0n) is 14.1. The van der Waals surface area contributed by atoms with Gasteiger partial charge >= 0.3 is 0 Å². The van der Waals surface area contributed by atoms with Crippen molar-refractivity contribution >= 4 is 34.9 Å². The van der Waals surface area contributed by atoms with Gasteiger partial charge in [0.25, 0.3) is 0 Å². The van der Waals surface area contributed by atoms with E-state index in [1.807, 2.05) is 13.8 Å². The lowest BCUT2D eigenvalue weighted by atomic mass is 10.1. The Morgan fingerprint density at radius 3 is 2.73 bits per heavy atom. The van der Waals surface area contributed by atoms with E-state index < -0.39 is 0 Å². The van der Waals surface area contributed by atoms with Gasteiger partial charge in [-0.25, -0.2) is 9.67 Å². The van der Waals surface area contributed by atoms with E-state index in [0.717, 1.165) is 11.3 Å². The predicted octanol–water partition coefficient (Wildman–Crippen LogP) is 4.08. The number of pyridine rings is 1. The molecule has 2 heterocycles. The second kappa shape index (κ2) is 7.35. The molecule has 3 rings (SSSR count). The number of carbonyl (C=O) groups is 1. The molecule has 2 N–H and O–H groups in total. The fraction of sp³-hybridized carbons (Fsp3) is 0.167. The highest BCUT2D eigenvalue weighted by Gasteiger charge is 2.18. The first-order chi connectivity index (χ1) is 12.4. The molecule has 26 heavy (non-hydrogen) atoms. The van der Waals surface area contributed by atoms with Gasteiger partial charge in [0.1, 0.15) is 0 Å². The summed E-state index contributed by atoms with van der Waals surface area (Å²) in [5.41, 5.74) is 2.98. The van der Waals surface area contributed by atoms with Gasteiger partial charge in [-0.15, -0.1) is 0 Å². The molecule has 134 valence electrons. The van der Waals surface area contributed by atoms with E-state index in [4.69, 9.17) is 23.2 Å². The van der Waals surface area contributed by atoms with Gasteiger partial charge in [-0.3, -0.25) is 4.79 Å². The summed E-state index contributed by atoms with van der Waals surface area (Å²) in [7, 11) is 0. The van der Waals surface area contributed by atoms with Crippen LogP contribution in [0.15, 0.2) is 36.5 Å². The molecule has 0 saturated carbocycles. The number of aromatic hydroxyl groups is 1. The molecule has 0 fully saturated rings. The van der Waals surface area contributed by atoms with Gasteiger partial charge in [0, 0.05) is 22.5 Å². The topological polar surface area (TPSA) is 80.0 Å². The number of aromatic nitrogens is 3. The van der Waals surface area contributed by atoms with E-state index in [0.29, 0.717) is 21.4 Å². The molecule has 0 unspecified atom stereocenters. The SMILES string of the molecule is Cc1nn(-c2ccc(Cl)cc2Cl)c(C)c1CC(=O)Nc1ncccc1O. The number of halogens is 2. The van der Waals surface area contributed by atoms with Crippen molar-refractivity contribution in [3.8, 4) is 11.4 Å². The summed E-state index contributed by atoms with van der Waals surface area (Å²) in [6, 6.07) is 8.19. The number of anilines is 1. The first kappa shape index (κ1) is 18.2. The minimum Gasteiger partial charge on any atom is -0.504 e. The molecular formula is C18H16Cl2N4O2. The van der Waals surface area contributed by atoms with Gasteiger partial charge in [-0.1, -0.05) is 23.2 Å². The minimum atomic E-state index is -0.299. The molecule has 0 atom stereocenters. The molecule has 1 aromatic carbocycles. The fourth-order valence-corrected chi connectivity index (χ4v) is 3.14. The van der Waals surface area contributed by atoms with E-state index in [9.17, 15) is 9.90 Å². The maximum Gasteiger partial charge on any atom is 0.230 e. The van der Waals surface area contributed by atoms with Gasteiger partial charge in [-0.2, -0.15) is 5.10 Å². The average Bonchev–Trinajstić information content (AvgIpc) is 2.85. The van der Waals surface area contributed by atoms with Crippen LogP contribution in [-0.4, -0.2) is 25.8 Å². The number of nitrogens with one attached hydrogen (secondary N) is 1. The van der Waals surface area contributed by atoms with Crippen LogP contribution in [0.2, 0.25) is 10.0 Å². The van der Waals surface area contributed by atoms with Gasteiger partial charge in [0.2, 0.25) is 5.91 Å². The largest absolute Gasteiger partial charge is 0.504 e. The molecule has 1 amide bonds. The summed E-state index contributed by atoms with van der Waals surface area (Å²) in [6.07, 6.45) is 1.59. The first-order valence-electron chi connectivity index (χ1n) is 7.81. The number of hydrogen-bond donors (Lipinski definition) is 2. The average molecular weight is 391 g/mol. The minimum absolute atomic E-state index is 0.0852. The Balaban J connectivity index is 1.86. The number of rotatable bonds is 4. The van der Waals surface area contributed by atoms with Crippen LogP contribution >= 0.6 is 23.2 Å². The summed E-state index contributed by atoms with van der Waals surface area (Å²) in [5.74, 6) is -0.258. The van der Waals surface area contributed by atoms with Crippen LogP contribution in [0.25, 0.3) is 5.69 Å². The van der Waals surface area contributed by atoms with Crippen molar-refractivity contribution in [3.05, 3.63) is 63.5 Å². The van der Waals surface area contributed by atoms with Gasteiger partial charge in [-0.05, 0) is 44.2 Å². The number of nitrogens with zero attached hydrogens (tertiary/aromatic N) is 3. The Hall–Kier alpha value is -2.57. The third kappa shape index (κ3) is 3.66. The molecule has 2 aromatic heterocycles. The fourth-order valence-electron chi connectivity index (χ4n) is 2.65. The molecule has 0 saturated heterocycles. The van der Waals surface area contributed by atoms with Crippen molar-refractivity contribution in [2.45, 2.75) is 20.3 Å². The lowest BCUT2D eigenvalue weighted by Crippen LogP contribution is -2.16. The molecule has 0 aliphatic rings. The van der Waals surface area contributed by atoms with Crippen molar-refractivity contribution in [3.63, 3.8) is 0 Å². The van der Waals surface area contributed by atoms with E-state index in [1.54, 1.807) is 28.9 Å². The summed E-state index contributed by atoms with van der Waals surface area (Å²) in [5, 5.41) is 17.8. The van der Waals surface area contributed by atoms with E-state index in [-0.39, 0.29) is 23.9 Å². The molecule has 8 heteroatoms. The maximum absolute atomic E-state index is 12.4. The maximum atomic E-state index is 12.4. The molecule has 0 aliphatic heterocycles. The van der Waals surface area contributed by atoms with Gasteiger partial charge < -0.3 is 10.4 Å². The lowest BCUT2D eigenvalue weighted by molar-refractivity contribution is -0.115. The van der Waals surface area contributed by atoms with E-state index >= 15 is 0 Å². The Bertz CT molecular complexity index is 985. The summed E-state index contributed by atoms with van der Waals surface area (Å²) < 4.78 is 1.69. The highest BCUT2D eigenvalue weighted by atomic mass is 35.5. The van der Waals surface area contributed by atoms with Crippen molar-refractivity contribution in [1.82, 2.24) is 14.8 Å². The second-order valence-corrected chi connectivity index (χ2v) is 6.60. The number of amides is 1. The van der Waals surface area contributed by atoms with Crippen LogP contribution in [-0.2, 0) is 11.2 Å². The quantitative estimate of drug-likeness (QED) is 0.703. The summed E-state index contributed by atoms with van der Waals surface area (Å²) in [4.78, 5) is 16.3. The summed E-state index contributed by atoms with van der Waals surface area (Å²) in [6.45, 7) is 3.69. The Labute approximate surface area is 160 Å². The molecule has 0 spiro atoms. The summed E-state index contributed by atoms with van der Waals surface area (Å²) >= 11 is 12.2. The third-order valence-electron chi connectivity index (χ3n) is 3.96. The van der Waals surface area contributed by atoms with Crippen molar-refractivity contribution < 1.29 is 9.90 Å². The van der Waals surface area contributed by atoms with Gasteiger partial charge in [0.15, 0.2) is 11.6 Å². The monoisotopic (exact) mass is 390 g/mol. The smallest absolute Gasteiger partial charge is 0.230 e. The second-order valence-electron chi connectivity index (χ2n) is 5.75. The number of carbonyl (C=O) groups excluding carboxylic acids is 1. The van der Waals surface area contributed by atoms with Crippen LogP contribution in [0.4, 0.5) is 5.82 Å². The lowest BCUT2D eigenvalue weighted by Gasteiger charge is -2.08. The Morgan fingerprint density at radius 2 is 2.04 bits per heavy atom. The first-order valence-corrected chi connectivity index (χ1v) is 8.56. The molecule has 6 nitrogen and oxygen atoms in total. The number of hydrogen-bond acceptors (Lipinski definition) is 4. The highest BCUT2D eigenvalue weighted by molar-refractivity contribution is 6.35. The molecule has 0 aliphatic carbocycles. The van der Waals surface area contributed by atoms with Crippen LogP contribution in [0.1, 0.15) is 17.0 Å². The van der Waals surface area contributed by atoms with E-state index in [1.165, 1.54) is 12.3 Å². The highest BCUT2D eigenvalue weighted by Crippen LogP contribution is 2.27. The third-order valence-corrected chi connectivity index (χ3v) is 4.50. The zero-order chi connectivity index (χ0) is 18.8. The van der Waals surface area contributed by atoms with Gasteiger partial charge in [0.05, 0.1) is 22.8 Å². The molecular weight excluding hydrogens is 375 g/mol. The van der Waals surface area contributed by atoms with E-state index in [2.05, 4.69) is 15.4 Å². The van der Waals surface area contributed by atoms with Crippen LogP contribution in [0.5, 0.6) is 5.75 Å². The van der Waals surface area contributed by atoms with Crippen molar-refractivity contribution in [1.29, 1.82) is 0 Å². The number of aryl methyl sites for hydroxylation is 1. The Kier molecular flexibility index (Phi) is 5.15. The van der Waals surface area contributed by atoms with Crippen molar-refractivity contribution in [2.75, 3.05) is 5.32 Å². The number of benzene rings is 1. The van der Waals surface area contributed by atoms with Crippen LogP contribution in [0.3, 0.4) is 0 Å². The zero-order valence-corrected chi connectivity index (χ0v) is 15.6. The van der Waals surface area contributed by atoms with Crippen LogP contribution in [0, 0.1) is 13.8 Å². The van der Waals surface area contributed by atoms with Crippen LogP contribution < -0.4 is 5.32 Å². The Morgan fingerprint density at radius 1 is 1.27 bits per heavy atom. The predicted molar refractivity (Wildman–Crippen MR) is 101 cm³/mol. The molecule has 3 aromatic rings.